The largest absolute Gasteiger partial charge is 0.383 e. The molecule has 2 N–H and O–H groups in total. The Morgan fingerprint density at radius 1 is 1.15 bits per heavy atom. The molecule has 0 radical (unpaired) electrons. The van der Waals surface area contributed by atoms with Crippen LogP contribution in [0.5, 0.6) is 0 Å². The molecular formula is C23H27N3O. The molecule has 2 aromatic carbocycles. The molecule has 4 nitrogen and oxygen atoms in total. The third-order valence-electron chi connectivity index (χ3n) is 4.65. The summed E-state index contributed by atoms with van der Waals surface area (Å²) in [6, 6.07) is 14.3. The third-order valence-corrected chi connectivity index (χ3v) is 4.65. The van der Waals surface area contributed by atoms with Crippen molar-refractivity contribution in [2.45, 2.75) is 47.1 Å². The van der Waals surface area contributed by atoms with E-state index < -0.39 is 5.91 Å². The smallest absolute Gasteiger partial charge is 0.267 e. The lowest BCUT2D eigenvalue weighted by atomic mass is 10.0. The fourth-order valence-corrected chi connectivity index (χ4v) is 3.05. The molecule has 2 rings (SSSR count). The lowest BCUT2D eigenvalue weighted by molar-refractivity contribution is -0.112. The molecule has 0 saturated heterocycles. The van der Waals surface area contributed by atoms with Crippen LogP contribution < -0.4 is 10.6 Å². The molecule has 0 aliphatic carbocycles. The first-order valence-corrected chi connectivity index (χ1v) is 9.20. The number of hydrogen-bond acceptors (Lipinski definition) is 3. The van der Waals surface area contributed by atoms with Gasteiger partial charge in [0, 0.05) is 17.9 Å². The number of nitriles is 1. The topological polar surface area (TPSA) is 64.9 Å². The second-order valence-corrected chi connectivity index (χ2v) is 6.88. The van der Waals surface area contributed by atoms with Gasteiger partial charge >= 0.3 is 0 Å². The van der Waals surface area contributed by atoms with Gasteiger partial charge in [-0.2, -0.15) is 5.26 Å². The van der Waals surface area contributed by atoms with Crippen molar-refractivity contribution in [3.8, 4) is 6.07 Å². The molecule has 0 heterocycles. The van der Waals surface area contributed by atoms with Crippen molar-refractivity contribution in [3.63, 3.8) is 0 Å². The van der Waals surface area contributed by atoms with E-state index in [1.807, 2.05) is 45.9 Å². The maximum absolute atomic E-state index is 12.5. The molecule has 0 saturated carbocycles. The standard InChI is InChI=1S/C23H27N3O/c1-6-19-7-9-20(10-8-19)18(5)25-14-21(13-24)23(27)26-22-16(3)11-15(2)12-17(22)4/h7-12,14,18,25H,6H2,1-5H3,(H,26,27)/b21-14-. The number of benzene rings is 2. The van der Waals surface area contributed by atoms with Crippen molar-refractivity contribution in [1.82, 2.24) is 5.32 Å². The lowest BCUT2D eigenvalue weighted by Gasteiger charge is -2.14. The summed E-state index contributed by atoms with van der Waals surface area (Å²) < 4.78 is 0. The fourth-order valence-electron chi connectivity index (χ4n) is 3.05. The molecule has 140 valence electrons. The van der Waals surface area contributed by atoms with Crippen molar-refractivity contribution in [3.05, 3.63) is 76.0 Å². The number of amides is 1. The first kappa shape index (κ1) is 20.3. The molecule has 2 aromatic rings. The summed E-state index contributed by atoms with van der Waals surface area (Å²) in [6.45, 7) is 10.0. The maximum atomic E-state index is 12.5. The Balaban J connectivity index is 2.11. The third kappa shape index (κ3) is 5.21. The minimum atomic E-state index is -0.409. The van der Waals surface area contributed by atoms with Crippen molar-refractivity contribution >= 4 is 11.6 Å². The Labute approximate surface area is 161 Å². The van der Waals surface area contributed by atoms with Gasteiger partial charge in [0.15, 0.2) is 0 Å². The number of carbonyl (C=O) groups is 1. The second kappa shape index (κ2) is 9.05. The minimum absolute atomic E-state index is 0.00472. The number of aryl methyl sites for hydroxylation is 4. The van der Waals surface area contributed by atoms with Crippen LogP contribution in [0.4, 0.5) is 5.69 Å². The summed E-state index contributed by atoms with van der Waals surface area (Å²) in [5.41, 5.74) is 6.30. The average Bonchev–Trinajstić information content (AvgIpc) is 2.65. The van der Waals surface area contributed by atoms with E-state index in [4.69, 9.17) is 0 Å². The van der Waals surface area contributed by atoms with Gasteiger partial charge in [-0.15, -0.1) is 0 Å². The monoisotopic (exact) mass is 361 g/mol. The summed E-state index contributed by atoms with van der Waals surface area (Å²) >= 11 is 0. The molecule has 0 aromatic heterocycles. The lowest BCUT2D eigenvalue weighted by Crippen LogP contribution is -2.19. The van der Waals surface area contributed by atoms with Crippen LogP contribution in [-0.2, 0) is 11.2 Å². The van der Waals surface area contributed by atoms with E-state index in [1.54, 1.807) is 0 Å². The zero-order valence-electron chi connectivity index (χ0n) is 16.7. The highest BCUT2D eigenvalue weighted by molar-refractivity contribution is 6.07. The predicted molar refractivity (Wildman–Crippen MR) is 110 cm³/mol. The van der Waals surface area contributed by atoms with Gasteiger partial charge in [0.25, 0.3) is 5.91 Å². The molecule has 0 aliphatic heterocycles. The van der Waals surface area contributed by atoms with Gasteiger partial charge in [-0.05, 0) is 56.4 Å². The van der Waals surface area contributed by atoms with Crippen LogP contribution in [0, 0.1) is 32.1 Å². The Morgan fingerprint density at radius 3 is 2.26 bits per heavy atom. The van der Waals surface area contributed by atoms with E-state index in [2.05, 4.69) is 41.8 Å². The summed E-state index contributed by atoms with van der Waals surface area (Å²) in [5, 5.41) is 15.4. The van der Waals surface area contributed by atoms with Crippen LogP contribution in [0.15, 0.2) is 48.2 Å². The normalized spacial score (nSPS) is 12.2. The number of hydrogen-bond donors (Lipinski definition) is 2. The summed E-state index contributed by atoms with van der Waals surface area (Å²) in [5.74, 6) is -0.409. The van der Waals surface area contributed by atoms with Crippen LogP contribution in [0.2, 0.25) is 0 Å². The van der Waals surface area contributed by atoms with Crippen LogP contribution >= 0.6 is 0 Å². The van der Waals surface area contributed by atoms with E-state index in [0.29, 0.717) is 0 Å². The average molecular weight is 361 g/mol. The van der Waals surface area contributed by atoms with Crippen molar-refractivity contribution < 1.29 is 4.79 Å². The molecule has 0 fully saturated rings. The van der Waals surface area contributed by atoms with Crippen LogP contribution in [0.25, 0.3) is 0 Å². The molecule has 27 heavy (non-hydrogen) atoms. The molecule has 4 heteroatoms. The van der Waals surface area contributed by atoms with Crippen molar-refractivity contribution in [2.75, 3.05) is 5.32 Å². The number of anilines is 1. The van der Waals surface area contributed by atoms with Gasteiger partial charge in [0.1, 0.15) is 11.6 Å². The molecule has 1 atom stereocenters. The summed E-state index contributed by atoms with van der Waals surface area (Å²) in [6.07, 6.45) is 2.49. The molecule has 1 amide bonds. The zero-order valence-corrected chi connectivity index (χ0v) is 16.7. The minimum Gasteiger partial charge on any atom is -0.383 e. The van der Waals surface area contributed by atoms with Crippen molar-refractivity contribution in [2.24, 2.45) is 0 Å². The van der Waals surface area contributed by atoms with E-state index in [-0.39, 0.29) is 11.6 Å². The molecule has 1 unspecified atom stereocenters. The Bertz CT molecular complexity index is 866. The van der Waals surface area contributed by atoms with Crippen LogP contribution in [0.1, 0.15) is 47.7 Å². The van der Waals surface area contributed by atoms with Gasteiger partial charge in [0.05, 0.1) is 0 Å². The highest BCUT2D eigenvalue weighted by Crippen LogP contribution is 2.22. The second-order valence-electron chi connectivity index (χ2n) is 6.88. The van der Waals surface area contributed by atoms with Gasteiger partial charge in [0.2, 0.25) is 0 Å². The number of nitrogens with one attached hydrogen (secondary N) is 2. The van der Waals surface area contributed by atoms with E-state index in [1.165, 1.54) is 11.8 Å². The summed E-state index contributed by atoms with van der Waals surface area (Å²) in [4.78, 5) is 12.5. The highest BCUT2D eigenvalue weighted by atomic mass is 16.1. The van der Waals surface area contributed by atoms with Gasteiger partial charge in [-0.25, -0.2) is 0 Å². The summed E-state index contributed by atoms with van der Waals surface area (Å²) in [7, 11) is 0. The van der Waals surface area contributed by atoms with E-state index in [0.717, 1.165) is 34.4 Å². The molecule has 0 spiro atoms. The molecule has 0 bridgehead atoms. The van der Waals surface area contributed by atoms with E-state index >= 15 is 0 Å². The van der Waals surface area contributed by atoms with Gasteiger partial charge < -0.3 is 10.6 Å². The Morgan fingerprint density at radius 2 is 1.74 bits per heavy atom. The molecule has 0 aliphatic rings. The van der Waals surface area contributed by atoms with Crippen LogP contribution in [-0.4, -0.2) is 5.91 Å². The Kier molecular flexibility index (Phi) is 6.79. The Hall–Kier alpha value is -3.06. The number of carbonyl (C=O) groups excluding carboxylic acids is 1. The first-order valence-electron chi connectivity index (χ1n) is 9.20. The molecular weight excluding hydrogens is 334 g/mol. The van der Waals surface area contributed by atoms with E-state index in [9.17, 15) is 10.1 Å². The van der Waals surface area contributed by atoms with Crippen molar-refractivity contribution in [1.29, 1.82) is 5.26 Å². The van der Waals surface area contributed by atoms with Gasteiger partial charge in [-0.3, -0.25) is 4.79 Å². The quantitative estimate of drug-likeness (QED) is 0.570. The highest BCUT2D eigenvalue weighted by Gasteiger charge is 2.13. The predicted octanol–water partition coefficient (Wildman–Crippen LogP) is 4.87. The van der Waals surface area contributed by atoms with Gasteiger partial charge in [-0.1, -0.05) is 48.9 Å². The zero-order chi connectivity index (χ0) is 20.0. The fraction of sp³-hybridized carbons (Fsp3) is 0.304. The maximum Gasteiger partial charge on any atom is 0.267 e. The number of nitrogens with zero attached hydrogens (tertiary/aromatic N) is 1. The first-order chi connectivity index (χ1) is 12.8. The number of rotatable bonds is 6. The van der Waals surface area contributed by atoms with Crippen LogP contribution in [0.3, 0.4) is 0 Å². The SMILES string of the molecule is CCc1ccc(C(C)N/C=C(/C#N)C(=O)Nc2c(C)cc(C)cc2C)cc1.